The first kappa shape index (κ1) is 21.0. The summed E-state index contributed by atoms with van der Waals surface area (Å²) < 4.78 is 5.54. The van der Waals surface area contributed by atoms with Crippen LogP contribution in [0.5, 0.6) is 5.75 Å². The lowest BCUT2D eigenvalue weighted by atomic mass is 10.1. The van der Waals surface area contributed by atoms with Crippen LogP contribution in [0.4, 0.5) is 11.4 Å². The van der Waals surface area contributed by atoms with Crippen LogP contribution in [0, 0.1) is 0 Å². The van der Waals surface area contributed by atoms with Gasteiger partial charge in [-0.3, -0.25) is 9.59 Å². The summed E-state index contributed by atoms with van der Waals surface area (Å²) in [6, 6.07) is 15.0. The molecule has 2 N–H and O–H groups in total. The first-order valence-electron chi connectivity index (χ1n) is 9.15. The molecular weight excluding hydrogens is 354 g/mol. The number of benzene rings is 2. The first-order chi connectivity index (χ1) is 13.5. The Morgan fingerprint density at radius 1 is 1.11 bits per heavy atom. The highest BCUT2D eigenvalue weighted by atomic mass is 16.5. The number of carbonyl (C=O) groups excluding carboxylic acids is 2. The summed E-state index contributed by atoms with van der Waals surface area (Å²) in [7, 11) is 3.51. The SMILES string of the molecule is C=CCOc1ccccc1NC(=O)CNc1ccc(CCC(=O)N(C)C)cc1. The minimum atomic E-state index is -0.171. The minimum absolute atomic E-state index is 0.108. The Morgan fingerprint density at radius 2 is 1.82 bits per heavy atom. The van der Waals surface area contributed by atoms with Crippen molar-refractivity contribution < 1.29 is 14.3 Å². The lowest BCUT2D eigenvalue weighted by Crippen LogP contribution is -2.22. The second-order valence-electron chi connectivity index (χ2n) is 6.48. The van der Waals surface area contributed by atoms with E-state index in [-0.39, 0.29) is 18.4 Å². The van der Waals surface area contributed by atoms with E-state index in [1.807, 2.05) is 36.4 Å². The predicted octanol–water partition coefficient (Wildman–Crippen LogP) is 3.32. The van der Waals surface area contributed by atoms with E-state index in [1.165, 1.54) is 0 Å². The molecular formula is C22H27N3O3. The first-order valence-corrected chi connectivity index (χ1v) is 9.15. The maximum absolute atomic E-state index is 12.2. The molecule has 0 bridgehead atoms. The van der Waals surface area contributed by atoms with E-state index in [1.54, 1.807) is 37.2 Å². The van der Waals surface area contributed by atoms with Crippen molar-refractivity contribution in [1.29, 1.82) is 0 Å². The Balaban J connectivity index is 1.83. The summed E-state index contributed by atoms with van der Waals surface area (Å²) in [6.07, 6.45) is 2.83. The van der Waals surface area contributed by atoms with Gasteiger partial charge in [0.05, 0.1) is 12.2 Å². The summed E-state index contributed by atoms with van der Waals surface area (Å²) >= 11 is 0. The zero-order chi connectivity index (χ0) is 20.4. The Kier molecular flexibility index (Phi) is 8.09. The third-order valence-corrected chi connectivity index (χ3v) is 4.05. The van der Waals surface area contributed by atoms with Crippen molar-refractivity contribution in [2.24, 2.45) is 0 Å². The van der Waals surface area contributed by atoms with E-state index in [0.717, 1.165) is 11.3 Å². The zero-order valence-corrected chi connectivity index (χ0v) is 16.4. The number of hydrogen-bond donors (Lipinski definition) is 2. The maximum atomic E-state index is 12.2. The molecule has 0 unspecified atom stereocenters. The Morgan fingerprint density at radius 3 is 2.50 bits per heavy atom. The summed E-state index contributed by atoms with van der Waals surface area (Å²) in [4.78, 5) is 25.5. The van der Waals surface area contributed by atoms with Gasteiger partial charge in [0.25, 0.3) is 0 Å². The molecule has 0 heterocycles. The van der Waals surface area contributed by atoms with Crippen molar-refractivity contribution in [3.63, 3.8) is 0 Å². The molecule has 0 saturated carbocycles. The van der Waals surface area contributed by atoms with Gasteiger partial charge in [-0.1, -0.05) is 36.9 Å². The van der Waals surface area contributed by atoms with Crippen molar-refractivity contribution >= 4 is 23.2 Å². The van der Waals surface area contributed by atoms with Crippen molar-refractivity contribution in [3.05, 3.63) is 66.7 Å². The van der Waals surface area contributed by atoms with Crippen LogP contribution < -0.4 is 15.4 Å². The lowest BCUT2D eigenvalue weighted by Gasteiger charge is -2.12. The quantitative estimate of drug-likeness (QED) is 0.620. The predicted molar refractivity (Wildman–Crippen MR) is 113 cm³/mol. The fourth-order valence-corrected chi connectivity index (χ4v) is 2.49. The van der Waals surface area contributed by atoms with Gasteiger partial charge >= 0.3 is 0 Å². The van der Waals surface area contributed by atoms with Crippen molar-refractivity contribution in [1.82, 2.24) is 4.90 Å². The molecule has 6 heteroatoms. The third-order valence-electron chi connectivity index (χ3n) is 4.05. The Hall–Kier alpha value is -3.28. The van der Waals surface area contributed by atoms with Crippen molar-refractivity contribution in [2.75, 3.05) is 37.9 Å². The molecule has 0 aliphatic heterocycles. The van der Waals surface area contributed by atoms with Crippen LogP contribution in [-0.2, 0) is 16.0 Å². The molecule has 0 spiro atoms. The van der Waals surface area contributed by atoms with E-state index in [0.29, 0.717) is 30.9 Å². The molecule has 0 aromatic heterocycles. The normalized spacial score (nSPS) is 10.1. The Bertz CT molecular complexity index is 801. The summed E-state index contributed by atoms with van der Waals surface area (Å²) in [5, 5.41) is 5.93. The summed E-state index contributed by atoms with van der Waals surface area (Å²) in [5.41, 5.74) is 2.55. The maximum Gasteiger partial charge on any atom is 0.243 e. The third kappa shape index (κ3) is 6.79. The molecule has 6 nitrogen and oxygen atoms in total. The molecule has 28 heavy (non-hydrogen) atoms. The van der Waals surface area contributed by atoms with E-state index in [9.17, 15) is 9.59 Å². The fraction of sp³-hybridized carbons (Fsp3) is 0.273. The Labute approximate surface area is 166 Å². The minimum Gasteiger partial charge on any atom is -0.487 e. The van der Waals surface area contributed by atoms with E-state index in [2.05, 4.69) is 17.2 Å². The molecule has 2 aromatic carbocycles. The van der Waals surface area contributed by atoms with Gasteiger partial charge in [0.15, 0.2) is 0 Å². The molecule has 0 saturated heterocycles. The van der Waals surface area contributed by atoms with E-state index in [4.69, 9.17) is 4.74 Å². The smallest absolute Gasteiger partial charge is 0.243 e. The van der Waals surface area contributed by atoms with Gasteiger partial charge in [-0.15, -0.1) is 0 Å². The number of ether oxygens (including phenoxy) is 1. The second kappa shape index (κ2) is 10.8. The highest BCUT2D eigenvalue weighted by molar-refractivity contribution is 5.95. The number of amides is 2. The number of hydrogen-bond acceptors (Lipinski definition) is 4. The zero-order valence-electron chi connectivity index (χ0n) is 16.4. The monoisotopic (exact) mass is 381 g/mol. The van der Waals surface area contributed by atoms with E-state index >= 15 is 0 Å². The number of anilines is 2. The summed E-state index contributed by atoms with van der Waals surface area (Å²) in [6.45, 7) is 4.13. The van der Waals surface area contributed by atoms with Gasteiger partial charge in [-0.2, -0.15) is 0 Å². The van der Waals surface area contributed by atoms with Crippen LogP contribution in [0.15, 0.2) is 61.2 Å². The van der Waals surface area contributed by atoms with Gasteiger partial charge in [0, 0.05) is 26.2 Å². The highest BCUT2D eigenvalue weighted by Crippen LogP contribution is 2.23. The molecule has 0 atom stereocenters. The average Bonchev–Trinajstić information content (AvgIpc) is 2.70. The van der Waals surface area contributed by atoms with E-state index < -0.39 is 0 Å². The van der Waals surface area contributed by atoms with Gasteiger partial charge in [-0.25, -0.2) is 0 Å². The summed E-state index contributed by atoms with van der Waals surface area (Å²) in [5.74, 6) is 0.541. The van der Waals surface area contributed by atoms with Crippen LogP contribution >= 0.6 is 0 Å². The largest absolute Gasteiger partial charge is 0.487 e. The van der Waals surface area contributed by atoms with Crippen LogP contribution in [0.3, 0.4) is 0 Å². The van der Waals surface area contributed by atoms with Crippen molar-refractivity contribution in [3.8, 4) is 5.75 Å². The molecule has 0 aliphatic rings. The van der Waals surface area contributed by atoms with Crippen LogP contribution in [0.25, 0.3) is 0 Å². The topological polar surface area (TPSA) is 70.7 Å². The van der Waals surface area contributed by atoms with Crippen LogP contribution in [0.1, 0.15) is 12.0 Å². The molecule has 0 radical (unpaired) electrons. The number of carbonyl (C=O) groups is 2. The number of nitrogens with zero attached hydrogens (tertiary/aromatic N) is 1. The van der Waals surface area contributed by atoms with Crippen LogP contribution in [-0.4, -0.2) is 44.0 Å². The number of aryl methyl sites for hydroxylation is 1. The average molecular weight is 381 g/mol. The lowest BCUT2D eigenvalue weighted by molar-refractivity contribution is -0.128. The highest BCUT2D eigenvalue weighted by Gasteiger charge is 2.08. The number of rotatable bonds is 10. The molecule has 0 aliphatic carbocycles. The molecule has 2 aromatic rings. The molecule has 0 fully saturated rings. The molecule has 2 rings (SSSR count). The van der Waals surface area contributed by atoms with Gasteiger partial charge < -0.3 is 20.3 Å². The molecule has 2 amide bonds. The fourth-order valence-electron chi connectivity index (χ4n) is 2.49. The van der Waals surface area contributed by atoms with Gasteiger partial charge in [-0.05, 0) is 36.2 Å². The van der Waals surface area contributed by atoms with Crippen molar-refractivity contribution in [2.45, 2.75) is 12.8 Å². The molecule has 148 valence electrons. The number of nitrogens with one attached hydrogen (secondary N) is 2. The number of para-hydroxylation sites is 2. The van der Waals surface area contributed by atoms with Crippen LogP contribution in [0.2, 0.25) is 0 Å². The van der Waals surface area contributed by atoms with Gasteiger partial charge in [0.2, 0.25) is 11.8 Å². The van der Waals surface area contributed by atoms with Gasteiger partial charge in [0.1, 0.15) is 12.4 Å². The standard InChI is InChI=1S/C22H27N3O3/c1-4-15-28-20-8-6-5-7-19(20)24-21(26)16-23-18-12-9-17(10-13-18)11-14-22(27)25(2)3/h4-10,12-13,23H,1,11,14-16H2,2-3H3,(H,24,26). The second-order valence-corrected chi connectivity index (χ2v) is 6.48.